The zero-order chi connectivity index (χ0) is 24.2. The second-order valence-corrected chi connectivity index (χ2v) is 8.52. The Bertz CT molecular complexity index is 1240. The quantitative estimate of drug-likeness (QED) is 0.406. The summed E-state index contributed by atoms with van der Waals surface area (Å²) in [4.78, 5) is 38.0. The van der Waals surface area contributed by atoms with E-state index < -0.39 is 11.6 Å². The minimum atomic E-state index is -0.560. The molecule has 4 rings (SSSR count). The van der Waals surface area contributed by atoms with Crippen molar-refractivity contribution < 1.29 is 28.2 Å². The lowest BCUT2D eigenvalue weighted by molar-refractivity contribution is -0.146. The second kappa shape index (κ2) is 10.1. The van der Waals surface area contributed by atoms with Crippen molar-refractivity contribution in [2.24, 2.45) is 0 Å². The maximum absolute atomic E-state index is 12.4. The maximum atomic E-state index is 12.4. The lowest BCUT2D eigenvalue weighted by Gasteiger charge is -2.35. The Morgan fingerprint density at radius 1 is 1.03 bits per heavy atom. The topological polar surface area (TPSA) is 95.3 Å². The molecule has 2 heterocycles. The summed E-state index contributed by atoms with van der Waals surface area (Å²) in [6.45, 7) is 6.60. The number of benzene rings is 2. The standard InChI is InChI=1S/C26H27NO7/c1-16-10-25(29)34-23-11-21(8-9-22(16)23)31-14-19-4-6-20(7-5-19)26(30)32-15-24(28)27-12-17(2)33-18(3)13-27/h4-11,17-18H,12-15H2,1-3H3/t17-,18+. The predicted molar refractivity (Wildman–Crippen MR) is 125 cm³/mol. The Labute approximate surface area is 197 Å². The Morgan fingerprint density at radius 2 is 1.74 bits per heavy atom. The van der Waals surface area contributed by atoms with E-state index in [-0.39, 0.29) is 31.3 Å². The SMILES string of the molecule is Cc1cc(=O)oc2cc(OCc3ccc(C(=O)OCC(=O)N4C[C@@H](C)O[C@@H](C)C4)cc3)ccc12. The maximum Gasteiger partial charge on any atom is 0.338 e. The lowest BCUT2D eigenvalue weighted by atomic mass is 10.1. The van der Waals surface area contributed by atoms with Crippen LogP contribution in [0.2, 0.25) is 0 Å². The van der Waals surface area contributed by atoms with Crippen LogP contribution in [0.15, 0.2) is 57.7 Å². The number of hydrogen-bond donors (Lipinski definition) is 0. The van der Waals surface area contributed by atoms with Gasteiger partial charge in [-0.3, -0.25) is 4.79 Å². The van der Waals surface area contributed by atoms with Gasteiger partial charge in [0.15, 0.2) is 6.61 Å². The third-order valence-electron chi connectivity index (χ3n) is 5.62. The highest BCUT2D eigenvalue weighted by atomic mass is 16.5. The number of amides is 1. The van der Waals surface area contributed by atoms with Gasteiger partial charge in [-0.05, 0) is 56.2 Å². The molecule has 1 aliphatic rings. The van der Waals surface area contributed by atoms with Crippen molar-refractivity contribution in [1.29, 1.82) is 0 Å². The molecule has 1 fully saturated rings. The summed E-state index contributed by atoms with van der Waals surface area (Å²) in [5.74, 6) is -0.230. The summed E-state index contributed by atoms with van der Waals surface area (Å²) in [5, 5.41) is 0.853. The number of esters is 1. The number of ether oxygens (including phenoxy) is 3. The number of nitrogens with zero attached hydrogens (tertiary/aromatic N) is 1. The molecule has 3 aromatic rings. The van der Waals surface area contributed by atoms with Crippen molar-refractivity contribution in [2.75, 3.05) is 19.7 Å². The first-order chi connectivity index (χ1) is 16.3. The van der Waals surface area contributed by atoms with E-state index in [9.17, 15) is 14.4 Å². The fraction of sp³-hybridized carbons (Fsp3) is 0.346. The minimum absolute atomic E-state index is 0.0459. The Balaban J connectivity index is 1.30. The normalized spacial score (nSPS) is 18.0. The van der Waals surface area contributed by atoms with Gasteiger partial charge in [-0.25, -0.2) is 9.59 Å². The predicted octanol–water partition coefficient (Wildman–Crippen LogP) is 3.47. The van der Waals surface area contributed by atoms with Gasteiger partial charge in [0.1, 0.15) is 17.9 Å². The zero-order valence-corrected chi connectivity index (χ0v) is 19.4. The molecule has 0 radical (unpaired) electrons. The van der Waals surface area contributed by atoms with Crippen LogP contribution in [0, 0.1) is 6.92 Å². The highest BCUT2D eigenvalue weighted by molar-refractivity contribution is 5.91. The average Bonchev–Trinajstić information content (AvgIpc) is 2.80. The van der Waals surface area contributed by atoms with Crippen LogP contribution in [0.1, 0.15) is 35.3 Å². The smallest absolute Gasteiger partial charge is 0.338 e. The van der Waals surface area contributed by atoms with Gasteiger partial charge in [-0.1, -0.05) is 12.1 Å². The van der Waals surface area contributed by atoms with Crippen molar-refractivity contribution in [3.63, 3.8) is 0 Å². The van der Waals surface area contributed by atoms with Crippen molar-refractivity contribution in [3.05, 3.63) is 75.6 Å². The third kappa shape index (κ3) is 5.63. The van der Waals surface area contributed by atoms with E-state index in [2.05, 4.69) is 0 Å². The first-order valence-corrected chi connectivity index (χ1v) is 11.1. The van der Waals surface area contributed by atoms with E-state index >= 15 is 0 Å². The lowest BCUT2D eigenvalue weighted by Crippen LogP contribution is -2.49. The molecule has 1 aliphatic heterocycles. The largest absolute Gasteiger partial charge is 0.489 e. The highest BCUT2D eigenvalue weighted by Gasteiger charge is 2.26. The van der Waals surface area contributed by atoms with Crippen LogP contribution in [0.3, 0.4) is 0 Å². The Kier molecular flexibility index (Phi) is 6.98. The second-order valence-electron chi connectivity index (χ2n) is 8.52. The number of rotatable bonds is 6. The van der Waals surface area contributed by atoms with E-state index in [1.807, 2.05) is 32.9 Å². The molecule has 0 bridgehead atoms. The van der Waals surface area contributed by atoms with Crippen LogP contribution >= 0.6 is 0 Å². The third-order valence-corrected chi connectivity index (χ3v) is 5.62. The highest BCUT2D eigenvalue weighted by Crippen LogP contribution is 2.23. The summed E-state index contributed by atoms with van der Waals surface area (Å²) in [5.41, 5.74) is 2.10. The van der Waals surface area contributed by atoms with Crippen LogP contribution in [0.5, 0.6) is 5.75 Å². The summed E-state index contributed by atoms with van der Waals surface area (Å²) in [6.07, 6.45) is -0.0918. The number of aryl methyl sites for hydroxylation is 1. The minimum Gasteiger partial charge on any atom is -0.489 e. The monoisotopic (exact) mass is 465 g/mol. The fourth-order valence-corrected chi connectivity index (χ4v) is 3.98. The van der Waals surface area contributed by atoms with Gasteiger partial charge in [-0.2, -0.15) is 0 Å². The Hall–Kier alpha value is -3.65. The molecule has 0 N–H and O–H groups in total. The summed E-state index contributed by atoms with van der Waals surface area (Å²) < 4.78 is 21.9. The van der Waals surface area contributed by atoms with E-state index in [1.54, 1.807) is 35.2 Å². The van der Waals surface area contributed by atoms with Gasteiger partial charge in [0.2, 0.25) is 0 Å². The molecule has 1 amide bonds. The molecule has 1 aromatic heterocycles. The molecule has 2 aromatic carbocycles. The van der Waals surface area contributed by atoms with Crippen molar-refractivity contribution >= 4 is 22.8 Å². The van der Waals surface area contributed by atoms with Gasteiger partial charge < -0.3 is 23.5 Å². The molecule has 0 aliphatic carbocycles. The molecule has 0 unspecified atom stereocenters. The van der Waals surface area contributed by atoms with Gasteiger partial charge in [-0.15, -0.1) is 0 Å². The van der Waals surface area contributed by atoms with Gasteiger partial charge in [0.05, 0.1) is 17.8 Å². The van der Waals surface area contributed by atoms with Crippen LogP contribution in [-0.2, 0) is 20.9 Å². The van der Waals surface area contributed by atoms with Crippen LogP contribution in [-0.4, -0.2) is 48.7 Å². The van der Waals surface area contributed by atoms with Gasteiger partial charge >= 0.3 is 11.6 Å². The summed E-state index contributed by atoms with van der Waals surface area (Å²) in [6, 6.07) is 13.6. The molecule has 8 heteroatoms. The zero-order valence-electron chi connectivity index (χ0n) is 19.4. The number of hydrogen-bond acceptors (Lipinski definition) is 7. The van der Waals surface area contributed by atoms with Gasteiger partial charge in [0.25, 0.3) is 5.91 Å². The number of fused-ring (bicyclic) bond motifs is 1. The first-order valence-electron chi connectivity index (χ1n) is 11.1. The molecule has 8 nitrogen and oxygen atoms in total. The van der Waals surface area contributed by atoms with Crippen LogP contribution in [0.4, 0.5) is 0 Å². The molecule has 1 saturated heterocycles. The fourth-order valence-electron chi connectivity index (χ4n) is 3.98. The van der Waals surface area contributed by atoms with Crippen molar-refractivity contribution in [2.45, 2.75) is 39.6 Å². The van der Waals surface area contributed by atoms with Gasteiger partial charge in [0, 0.05) is 30.6 Å². The van der Waals surface area contributed by atoms with E-state index in [0.29, 0.717) is 30.0 Å². The number of morpholine rings is 1. The van der Waals surface area contributed by atoms with Crippen molar-refractivity contribution in [3.8, 4) is 5.75 Å². The summed E-state index contributed by atoms with van der Waals surface area (Å²) in [7, 11) is 0. The molecule has 0 saturated carbocycles. The molecule has 0 spiro atoms. The molecule has 34 heavy (non-hydrogen) atoms. The Morgan fingerprint density at radius 3 is 2.44 bits per heavy atom. The van der Waals surface area contributed by atoms with E-state index in [1.165, 1.54) is 6.07 Å². The molecule has 178 valence electrons. The summed E-state index contributed by atoms with van der Waals surface area (Å²) >= 11 is 0. The number of carbonyl (C=O) groups excluding carboxylic acids is 2. The average molecular weight is 466 g/mol. The van der Waals surface area contributed by atoms with E-state index in [4.69, 9.17) is 18.6 Å². The van der Waals surface area contributed by atoms with E-state index in [0.717, 1.165) is 16.5 Å². The molecular weight excluding hydrogens is 438 g/mol. The van der Waals surface area contributed by atoms with Crippen LogP contribution in [0.25, 0.3) is 11.0 Å². The molecular formula is C26H27NO7. The first kappa shape index (κ1) is 23.5. The number of carbonyl (C=O) groups is 2. The molecule has 2 atom stereocenters. The van der Waals surface area contributed by atoms with Crippen molar-refractivity contribution in [1.82, 2.24) is 4.90 Å². The van der Waals surface area contributed by atoms with Crippen LogP contribution < -0.4 is 10.4 Å².